The largest absolute Gasteiger partial charge is 0.372 e. The fourth-order valence-electron chi connectivity index (χ4n) is 2.85. The molecule has 2 heterocycles. The summed E-state index contributed by atoms with van der Waals surface area (Å²) in [4.78, 5) is 0. The van der Waals surface area contributed by atoms with Gasteiger partial charge in [0.25, 0.3) is 0 Å². The zero-order valence-corrected chi connectivity index (χ0v) is 12.2. The van der Waals surface area contributed by atoms with Gasteiger partial charge in [-0.2, -0.15) is 0 Å². The molecule has 0 bridgehead atoms. The Bertz CT molecular complexity index is 195. The molecule has 2 aliphatic heterocycles. The summed E-state index contributed by atoms with van der Waals surface area (Å²) in [6, 6.07) is 0. The number of ether oxygens (including phenoxy) is 1. The van der Waals surface area contributed by atoms with Crippen LogP contribution in [0.1, 0.15) is 59.8 Å². The van der Waals surface area contributed by atoms with Gasteiger partial charge in [0.05, 0.1) is 12.2 Å². The lowest BCUT2D eigenvalue weighted by Gasteiger charge is -2.38. The first-order chi connectivity index (χ1) is 8.12. The van der Waals surface area contributed by atoms with Crippen LogP contribution in [0.2, 0.25) is 0 Å². The molecule has 1 atom stereocenters. The minimum absolute atomic E-state index is 0.277. The second kappa shape index (κ2) is 7.38. The van der Waals surface area contributed by atoms with E-state index >= 15 is 0 Å². The van der Waals surface area contributed by atoms with Crippen molar-refractivity contribution < 1.29 is 4.74 Å². The van der Waals surface area contributed by atoms with E-state index in [1.807, 2.05) is 0 Å². The Morgan fingerprint density at radius 1 is 1.24 bits per heavy atom. The fourth-order valence-corrected chi connectivity index (χ4v) is 2.85. The van der Waals surface area contributed by atoms with Gasteiger partial charge in [0.2, 0.25) is 0 Å². The molecule has 102 valence electrons. The van der Waals surface area contributed by atoms with Crippen molar-refractivity contribution in [2.75, 3.05) is 19.7 Å². The van der Waals surface area contributed by atoms with Crippen LogP contribution in [0.15, 0.2) is 0 Å². The van der Waals surface area contributed by atoms with E-state index < -0.39 is 0 Å². The first-order valence-corrected chi connectivity index (χ1v) is 7.46. The molecule has 0 aromatic heterocycles. The van der Waals surface area contributed by atoms with E-state index in [9.17, 15) is 0 Å². The molecule has 0 radical (unpaired) electrons. The molecule has 1 spiro atoms. The summed E-state index contributed by atoms with van der Waals surface area (Å²) in [5.74, 6) is 1.75. The van der Waals surface area contributed by atoms with Gasteiger partial charge in [0.15, 0.2) is 0 Å². The number of nitrogens with one attached hydrogen (secondary N) is 1. The molecule has 2 aliphatic rings. The number of hydrogen-bond acceptors (Lipinski definition) is 2. The van der Waals surface area contributed by atoms with Gasteiger partial charge in [-0.05, 0) is 18.3 Å². The Labute approximate surface area is 108 Å². The molecule has 2 fully saturated rings. The molecule has 0 amide bonds. The van der Waals surface area contributed by atoms with Gasteiger partial charge >= 0.3 is 0 Å². The van der Waals surface area contributed by atoms with E-state index in [4.69, 9.17) is 4.74 Å². The van der Waals surface area contributed by atoms with Crippen molar-refractivity contribution in [1.29, 1.82) is 0 Å². The minimum Gasteiger partial charge on any atom is -0.372 e. The van der Waals surface area contributed by atoms with E-state index in [0.717, 1.165) is 31.5 Å². The monoisotopic (exact) mass is 241 g/mol. The summed E-state index contributed by atoms with van der Waals surface area (Å²) in [6.45, 7) is 12.2. The van der Waals surface area contributed by atoms with Crippen LogP contribution in [0.25, 0.3) is 0 Å². The third-order valence-corrected chi connectivity index (χ3v) is 3.85. The van der Waals surface area contributed by atoms with Crippen molar-refractivity contribution in [3.8, 4) is 0 Å². The Kier molecular flexibility index (Phi) is 6.50. The molecule has 17 heavy (non-hydrogen) atoms. The van der Waals surface area contributed by atoms with Gasteiger partial charge in [-0.25, -0.2) is 0 Å². The van der Waals surface area contributed by atoms with Gasteiger partial charge in [-0.3, -0.25) is 0 Å². The van der Waals surface area contributed by atoms with Crippen molar-refractivity contribution in [3.05, 3.63) is 0 Å². The quantitative estimate of drug-likeness (QED) is 0.812. The van der Waals surface area contributed by atoms with Crippen molar-refractivity contribution in [2.45, 2.75) is 65.4 Å². The maximum atomic E-state index is 5.63. The Hall–Kier alpha value is -0.0800. The van der Waals surface area contributed by atoms with Crippen LogP contribution >= 0.6 is 0 Å². The van der Waals surface area contributed by atoms with Crippen LogP contribution < -0.4 is 5.32 Å². The van der Waals surface area contributed by atoms with Crippen LogP contribution in [0.5, 0.6) is 0 Å². The van der Waals surface area contributed by atoms with Gasteiger partial charge in [0.1, 0.15) is 0 Å². The lowest BCUT2D eigenvalue weighted by molar-refractivity contribution is -0.0362. The Morgan fingerprint density at radius 3 is 2.06 bits per heavy atom. The lowest BCUT2D eigenvalue weighted by atomic mass is 9.90. The smallest absolute Gasteiger partial charge is 0.0933 e. The second-order valence-electron chi connectivity index (χ2n) is 6.09. The molecular weight excluding hydrogens is 210 g/mol. The molecule has 2 saturated heterocycles. The van der Waals surface area contributed by atoms with Crippen LogP contribution in [0.4, 0.5) is 0 Å². The van der Waals surface area contributed by atoms with Crippen molar-refractivity contribution in [3.63, 3.8) is 0 Å². The summed E-state index contributed by atoms with van der Waals surface area (Å²) >= 11 is 0. The highest BCUT2D eigenvalue weighted by Gasteiger charge is 2.43. The topological polar surface area (TPSA) is 21.3 Å². The molecule has 2 heteroatoms. The average Bonchev–Trinajstić information content (AvgIpc) is 2.62. The van der Waals surface area contributed by atoms with Crippen LogP contribution in [0.3, 0.4) is 0 Å². The highest BCUT2D eigenvalue weighted by atomic mass is 16.5. The molecule has 0 aromatic rings. The predicted octanol–water partition coefficient (Wildman–Crippen LogP) is 3.61. The summed E-state index contributed by atoms with van der Waals surface area (Å²) in [5, 5.41) is 3.24. The van der Waals surface area contributed by atoms with Crippen molar-refractivity contribution in [2.24, 2.45) is 11.8 Å². The highest BCUT2D eigenvalue weighted by molar-refractivity contribution is 4.98. The van der Waals surface area contributed by atoms with Crippen LogP contribution in [-0.4, -0.2) is 25.3 Å². The molecule has 1 unspecified atom stereocenters. The lowest BCUT2D eigenvalue weighted by Crippen LogP contribution is -2.59. The van der Waals surface area contributed by atoms with Crippen LogP contribution in [-0.2, 0) is 4.74 Å². The number of hydrogen-bond donors (Lipinski definition) is 1. The fraction of sp³-hybridized carbons (Fsp3) is 1.00. The van der Waals surface area contributed by atoms with Gasteiger partial charge in [-0.15, -0.1) is 0 Å². The maximum Gasteiger partial charge on any atom is 0.0933 e. The number of rotatable bonds is 4. The first kappa shape index (κ1) is 15.0. The summed E-state index contributed by atoms with van der Waals surface area (Å²) in [5.41, 5.74) is 0.277. The predicted molar refractivity (Wildman–Crippen MR) is 74.3 cm³/mol. The van der Waals surface area contributed by atoms with E-state index in [2.05, 4.69) is 33.0 Å². The minimum atomic E-state index is 0.277. The Morgan fingerprint density at radius 2 is 1.82 bits per heavy atom. The van der Waals surface area contributed by atoms with E-state index in [0.29, 0.717) is 0 Å². The standard InChI is InChI=1S/C8H18.C7H13NO/c1-4-6-8(3)7-5-2;1-6-2-7(9-3-6)4-8-5-7/h8H,4-7H2,1-3H3;6,8H,2-5H2,1H3. The second-order valence-corrected chi connectivity index (χ2v) is 6.09. The Balaban J connectivity index is 0.000000172. The van der Waals surface area contributed by atoms with Gasteiger partial charge in [0, 0.05) is 13.1 Å². The van der Waals surface area contributed by atoms with E-state index in [-0.39, 0.29) is 5.60 Å². The maximum absolute atomic E-state index is 5.63. The molecular formula is C15H31NO. The molecule has 2 rings (SSSR count). The average molecular weight is 241 g/mol. The van der Waals surface area contributed by atoms with Crippen LogP contribution in [0, 0.1) is 11.8 Å². The molecule has 0 saturated carbocycles. The third-order valence-electron chi connectivity index (χ3n) is 3.85. The first-order valence-electron chi connectivity index (χ1n) is 7.46. The summed E-state index contributed by atoms with van der Waals surface area (Å²) < 4.78 is 5.63. The van der Waals surface area contributed by atoms with Crippen molar-refractivity contribution in [1.82, 2.24) is 5.32 Å². The van der Waals surface area contributed by atoms with E-state index in [1.165, 1.54) is 32.1 Å². The highest BCUT2D eigenvalue weighted by Crippen LogP contribution is 2.32. The molecule has 2 nitrogen and oxygen atoms in total. The zero-order valence-electron chi connectivity index (χ0n) is 12.2. The zero-order chi connectivity index (χ0) is 12.7. The van der Waals surface area contributed by atoms with Gasteiger partial charge < -0.3 is 10.1 Å². The molecule has 0 aliphatic carbocycles. The van der Waals surface area contributed by atoms with Gasteiger partial charge in [-0.1, -0.05) is 53.4 Å². The molecule has 0 aromatic carbocycles. The summed E-state index contributed by atoms with van der Waals surface area (Å²) in [7, 11) is 0. The van der Waals surface area contributed by atoms with Crippen molar-refractivity contribution >= 4 is 0 Å². The summed E-state index contributed by atoms with van der Waals surface area (Å²) in [6.07, 6.45) is 6.78. The normalized spacial score (nSPS) is 25.6. The SMILES string of the molecule is CC1COC2(CNC2)C1.CCCC(C)CCC. The van der Waals surface area contributed by atoms with E-state index in [1.54, 1.807) is 0 Å². The third kappa shape index (κ3) is 4.97. The molecule has 1 N–H and O–H groups in total.